The smallest absolute Gasteiger partial charge is 0.266 e. The predicted molar refractivity (Wildman–Crippen MR) is 129 cm³/mol. The van der Waals surface area contributed by atoms with Crippen LogP contribution in [0.3, 0.4) is 0 Å². The van der Waals surface area contributed by atoms with Gasteiger partial charge in [0.25, 0.3) is 5.91 Å². The fraction of sp³-hybridized carbons (Fsp3) is 0.304. The fourth-order valence-electron chi connectivity index (χ4n) is 3.12. The summed E-state index contributed by atoms with van der Waals surface area (Å²) >= 11 is 12.7. The average molecular weight is 462 g/mol. The lowest BCUT2D eigenvalue weighted by molar-refractivity contribution is -0.121. The van der Waals surface area contributed by atoms with Crippen molar-refractivity contribution in [2.75, 3.05) is 19.8 Å². The van der Waals surface area contributed by atoms with Crippen molar-refractivity contribution in [2.24, 2.45) is 0 Å². The van der Waals surface area contributed by atoms with Crippen molar-refractivity contribution in [3.8, 4) is 11.5 Å². The van der Waals surface area contributed by atoms with Crippen LogP contribution in [0.4, 0.5) is 0 Å². The fourth-order valence-corrected chi connectivity index (χ4v) is 4.68. The van der Waals surface area contributed by atoms with Crippen molar-refractivity contribution in [2.45, 2.75) is 27.2 Å². The van der Waals surface area contributed by atoms with Gasteiger partial charge in [-0.2, -0.15) is 0 Å². The molecule has 158 valence electrons. The molecule has 0 aromatic heterocycles. The molecule has 7 heteroatoms. The van der Waals surface area contributed by atoms with Gasteiger partial charge in [0.1, 0.15) is 15.8 Å². The molecular weight excluding hydrogens is 438 g/mol. The second kappa shape index (κ2) is 10.3. The zero-order valence-corrected chi connectivity index (χ0v) is 19.6. The highest BCUT2D eigenvalue weighted by atomic mass is 35.5. The first-order chi connectivity index (χ1) is 14.4. The summed E-state index contributed by atoms with van der Waals surface area (Å²) in [4.78, 5) is 14.6. The van der Waals surface area contributed by atoms with Gasteiger partial charge in [-0.1, -0.05) is 41.6 Å². The Morgan fingerprint density at radius 3 is 2.47 bits per heavy atom. The summed E-state index contributed by atoms with van der Waals surface area (Å²) in [6.07, 6.45) is 2.52. The molecule has 3 rings (SSSR count). The molecule has 4 nitrogen and oxygen atoms in total. The maximum Gasteiger partial charge on any atom is 0.266 e. The molecule has 1 aliphatic rings. The Labute approximate surface area is 192 Å². The van der Waals surface area contributed by atoms with Crippen molar-refractivity contribution in [1.82, 2.24) is 4.90 Å². The third kappa shape index (κ3) is 5.78. The summed E-state index contributed by atoms with van der Waals surface area (Å²) in [5, 5.41) is 0.581. The highest BCUT2D eigenvalue weighted by Crippen LogP contribution is 2.34. The van der Waals surface area contributed by atoms with Gasteiger partial charge in [0, 0.05) is 23.6 Å². The molecule has 1 amide bonds. The molecule has 0 spiro atoms. The zero-order valence-electron chi connectivity index (χ0n) is 17.2. The second-order valence-corrected chi connectivity index (χ2v) is 9.09. The quantitative estimate of drug-likeness (QED) is 0.273. The highest BCUT2D eigenvalue weighted by molar-refractivity contribution is 8.26. The first-order valence-electron chi connectivity index (χ1n) is 9.76. The Hall–Kier alpha value is -2.02. The van der Waals surface area contributed by atoms with Gasteiger partial charge in [0.15, 0.2) is 0 Å². The molecule has 0 aliphatic carbocycles. The molecule has 0 atom stereocenters. The van der Waals surface area contributed by atoms with Crippen molar-refractivity contribution in [1.29, 1.82) is 0 Å². The summed E-state index contributed by atoms with van der Waals surface area (Å²) in [6.45, 7) is 7.62. The Morgan fingerprint density at radius 2 is 1.80 bits per heavy atom. The number of rotatable bonds is 8. The van der Waals surface area contributed by atoms with E-state index in [1.165, 1.54) is 22.9 Å². The van der Waals surface area contributed by atoms with Crippen molar-refractivity contribution in [3.63, 3.8) is 0 Å². The standard InChI is InChI=1S/C23H24ClNO3S2/c1-4-25-22(26)21(30-23(25)29)14-17-13-18(24)6-7-20(17)28-9-5-8-27-19-11-15(2)10-16(3)12-19/h6-7,10-14H,4-5,8-9H2,1-3H3. The van der Waals surface area contributed by atoms with Crippen LogP contribution in [0, 0.1) is 13.8 Å². The number of benzene rings is 2. The van der Waals surface area contributed by atoms with Gasteiger partial charge in [-0.25, -0.2) is 0 Å². The van der Waals surface area contributed by atoms with Crippen molar-refractivity contribution < 1.29 is 14.3 Å². The van der Waals surface area contributed by atoms with E-state index in [4.69, 9.17) is 33.3 Å². The van der Waals surface area contributed by atoms with Crippen LogP contribution in [0.2, 0.25) is 5.02 Å². The highest BCUT2D eigenvalue weighted by Gasteiger charge is 2.30. The molecule has 0 unspecified atom stereocenters. The van der Waals surface area contributed by atoms with E-state index in [-0.39, 0.29) is 5.91 Å². The number of likely N-dealkylation sites (N-methyl/N-ethyl adjacent to an activating group) is 1. The van der Waals surface area contributed by atoms with Gasteiger partial charge in [0.2, 0.25) is 0 Å². The van der Waals surface area contributed by atoms with Gasteiger partial charge in [-0.05, 0) is 68.3 Å². The molecule has 2 aromatic rings. The minimum Gasteiger partial charge on any atom is -0.493 e. The Balaban J connectivity index is 1.61. The summed E-state index contributed by atoms with van der Waals surface area (Å²) in [6, 6.07) is 11.6. The SMILES string of the molecule is CCN1C(=O)C(=Cc2cc(Cl)ccc2OCCCOc2cc(C)cc(C)c2)SC1=S. The van der Waals surface area contributed by atoms with Crippen molar-refractivity contribution in [3.05, 3.63) is 63.0 Å². The molecule has 2 aromatic carbocycles. The molecule has 1 fully saturated rings. The molecule has 1 heterocycles. The molecule has 0 bridgehead atoms. The topological polar surface area (TPSA) is 38.8 Å². The van der Waals surface area contributed by atoms with E-state index in [0.717, 1.165) is 17.7 Å². The van der Waals surface area contributed by atoms with Crippen LogP contribution in [0.1, 0.15) is 30.0 Å². The Bertz CT molecular complexity index is 970. The molecule has 0 N–H and O–H groups in total. The maximum atomic E-state index is 12.5. The number of halogens is 1. The monoisotopic (exact) mass is 461 g/mol. The number of carbonyl (C=O) groups is 1. The van der Waals surface area contributed by atoms with Gasteiger partial charge >= 0.3 is 0 Å². The van der Waals surface area contributed by atoms with Crippen LogP contribution in [0.25, 0.3) is 6.08 Å². The third-order valence-corrected chi connectivity index (χ3v) is 6.07. The van der Waals surface area contributed by atoms with E-state index in [0.29, 0.717) is 39.8 Å². The van der Waals surface area contributed by atoms with Gasteiger partial charge in [0.05, 0.1) is 18.1 Å². The second-order valence-electron chi connectivity index (χ2n) is 6.98. The molecule has 1 saturated heterocycles. The Kier molecular flexibility index (Phi) is 7.81. The number of amides is 1. The van der Waals surface area contributed by atoms with Gasteiger partial charge in [-0.3, -0.25) is 9.69 Å². The number of ether oxygens (including phenoxy) is 2. The lowest BCUT2D eigenvalue weighted by Gasteiger charge is -2.12. The summed E-state index contributed by atoms with van der Waals surface area (Å²) in [5.41, 5.74) is 3.12. The summed E-state index contributed by atoms with van der Waals surface area (Å²) in [7, 11) is 0. The average Bonchev–Trinajstić information content (AvgIpc) is 2.95. The van der Waals surface area contributed by atoms with E-state index >= 15 is 0 Å². The number of carbonyl (C=O) groups excluding carboxylic acids is 1. The largest absolute Gasteiger partial charge is 0.493 e. The summed E-state index contributed by atoms with van der Waals surface area (Å²) < 4.78 is 12.4. The minimum absolute atomic E-state index is 0.0831. The number of hydrogen-bond donors (Lipinski definition) is 0. The normalized spacial score (nSPS) is 15.2. The van der Waals surface area contributed by atoms with Crippen molar-refractivity contribution >= 4 is 51.9 Å². The number of thiocarbonyl (C=S) groups is 1. The number of nitrogens with zero attached hydrogens (tertiary/aromatic N) is 1. The molecule has 0 radical (unpaired) electrons. The third-order valence-electron chi connectivity index (χ3n) is 4.46. The molecular formula is C23H24ClNO3S2. The first-order valence-corrected chi connectivity index (χ1v) is 11.4. The van der Waals surface area contributed by atoms with E-state index < -0.39 is 0 Å². The van der Waals surface area contributed by atoms with E-state index in [1.807, 2.05) is 25.1 Å². The Morgan fingerprint density at radius 1 is 1.10 bits per heavy atom. The van der Waals surface area contributed by atoms with E-state index in [1.54, 1.807) is 23.1 Å². The van der Waals surface area contributed by atoms with Gasteiger partial charge < -0.3 is 9.47 Å². The van der Waals surface area contributed by atoms with Crippen LogP contribution in [-0.2, 0) is 4.79 Å². The van der Waals surface area contributed by atoms with Crippen LogP contribution >= 0.6 is 35.6 Å². The molecule has 0 saturated carbocycles. The van der Waals surface area contributed by atoms with Crippen LogP contribution < -0.4 is 9.47 Å². The molecule has 1 aliphatic heterocycles. The predicted octanol–water partition coefficient (Wildman–Crippen LogP) is 6.03. The number of thioether (sulfide) groups is 1. The first kappa shape index (κ1) is 22.7. The zero-order chi connectivity index (χ0) is 21.7. The van der Waals surface area contributed by atoms with Gasteiger partial charge in [-0.15, -0.1) is 0 Å². The lowest BCUT2D eigenvalue weighted by Crippen LogP contribution is -2.27. The van der Waals surface area contributed by atoms with E-state index in [2.05, 4.69) is 19.9 Å². The number of hydrogen-bond acceptors (Lipinski definition) is 5. The minimum atomic E-state index is -0.0831. The number of aryl methyl sites for hydroxylation is 2. The van der Waals surface area contributed by atoms with Crippen LogP contribution in [0.15, 0.2) is 41.3 Å². The molecule has 30 heavy (non-hydrogen) atoms. The lowest BCUT2D eigenvalue weighted by atomic mass is 10.1. The van der Waals surface area contributed by atoms with Crippen LogP contribution in [0.5, 0.6) is 11.5 Å². The summed E-state index contributed by atoms with van der Waals surface area (Å²) in [5.74, 6) is 1.46. The van der Waals surface area contributed by atoms with Crippen LogP contribution in [-0.4, -0.2) is 34.9 Å². The maximum absolute atomic E-state index is 12.5. The van der Waals surface area contributed by atoms with E-state index in [9.17, 15) is 4.79 Å².